The number of fused-ring (bicyclic) bond motifs is 1. The fraction of sp³-hybridized carbons (Fsp3) is 0.188. The highest BCUT2D eigenvalue weighted by Gasteiger charge is 2.03. The maximum Gasteiger partial charge on any atom is 0.0923 e. The van der Waals surface area contributed by atoms with Gasteiger partial charge in [0.05, 0.1) is 5.52 Å². The first kappa shape index (κ1) is 11.0. The third-order valence-electron chi connectivity index (χ3n) is 3.28. The van der Waals surface area contributed by atoms with Crippen molar-refractivity contribution in [1.29, 1.82) is 0 Å². The molecule has 2 heteroatoms. The number of rotatable bonds is 4. The van der Waals surface area contributed by atoms with Gasteiger partial charge in [0.25, 0.3) is 0 Å². The van der Waals surface area contributed by atoms with Crippen LogP contribution in [0.25, 0.3) is 10.9 Å². The monoisotopic (exact) mass is 236 g/mol. The molecule has 0 aliphatic rings. The fourth-order valence-corrected chi connectivity index (χ4v) is 2.32. The molecule has 2 aromatic carbocycles. The molecular formula is C16H16N2. The minimum atomic E-state index is 1.05. The van der Waals surface area contributed by atoms with Gasteiger partial charge in [-0.3, -0.25) is 5.10 Å². The van der Waals surface area contributed by atoms with Gasteiger partial charge in [0.2, 0.25) is 0 Å². The molecule has 0 radical (unpaired) electrons. The third-order valence-corrected chi connectivity index (χ3v) is 3.28. The minimum Gasteiger partial charge on any atom is -0.281 e. The number of hydrogen-bond acceptors (Lipinski definition) is 1. The van der Waals surface area contributed by atoms with E-state index in [4.69, 9.17) is 0 Å². The Morgan fingerprint density at radius 3 is 2.50 bits per heavy atom. The van der Waals surface area contributed by atoms with Gasteiger partial charge in [-0.05, 0) is 30.9 Å². The van der Waals surface area contributed by atoms with E-state index in [1.165, 1.54) is 16.6 Å². The largest absolute Gasteiger partial charge is 0.281 e. The van der Waals surface area contributed by atoms with E-state index in [1.807, 2.05) is 12.1 Å². The van der Waals surface area contributed by atoms with Crippen molar-refractivity contribution < 1.29 is 0 Å². The van der Waals surface area contributed by atoms with Gasteiger partial charge in [-0.15, -0.1) is 0 Å². The van der Waals surface area contributed by atoms with Gasteiger partial charge in [0.1, 0.15) is 0 Å². The number of H-pyrrole nitrogens is 1. The average molecular weight is 236 g/mol. The Kier molecular flexibility index (Phi) is 3.09. The Labute approximate surface area is 107 Å². The second kappa shape index (κ2) is 5.05. The molecule has 1 heterocycles. The molecular weight excluding hydrogens is 220 g/mol. The van der Waals surface area contributed by atoms with Crippen molar-refractivity contribution in [3.05, 3.63) is 65.9 Å². The lowest BCUT2D eigenvalue weighted by Gasteiger charge is -2.00. The predicted molar refractivity (Wildman–Crippen MR) is 74.6 cm³/mol. The number of nitrogens with zero attached hydrogens (tertiary/aromatic N) is 1. The van der Waals surface area contributed by atoms with Gasteiger partial charge >= 0.3 is 0 Å². The lowest BCUT2D eigenvalue weighted by molar-refractivity contribution is 0.797. The van der Waals surface area contributed by atoms with Crippen LogP contribution in [0.4, 0.5) is 0 Å². The van der Waals surface area contributed by atoms with Gasteiger partial charge in [-0.25, -0.2) is 0 Å². The van der Waals surface area contributed by atoms with Crippen LogP contribution >= 0.6 is 0 Å². The highest BCUT2D eigenvalue weighted by Crippen LogP contribution is 2.17. The Balaban J connectivity index is 1.67. The zero-order valence-corrected chi connectivity index (χ0v) is 10.3. The highest BCUT2D eigenvalue weighted by atomic mass is 15.1. The summed E-state index contributed by atoms with van der Waals surface area (Å²) in [5.41, 5.74) is 3.72. The van der Waals surface area contributed by atoms with E-state index >= 15 is 0 Å². The van der Waals surface area contributed by atoms with Crippen molar-refractivity contribution in [1.82, 2.24) is 10.2 Å². The number of para-hydroxylation sites is 1. The summed E-state index contributed by atoms with van der Waals surface area (Å²) >= 11 is 0. The molecule has 1 aromatic heterocycles. The molecule has 0 spiro atoms. The van der Waals surface area contributed by atoms with Gasteiger partial charge in [0.15, 0.2) is 0 Å². The van der Waals surface area contributed by atoms with E-state index < -0.39 is 0 Å². The molecule has 3 aromatic rings. The van der Waals surface area contributed by atoms with Crippen molar-refractivity contribution >= 4 is 10.9 Å². The van der Waals surface area contributed by atoms with E-state index in [0.717, 1.165) is 24.8 Å². The van der Waals surface area contributed by atoms with Crippen LogP contribution in [-0.2, 0) is 12.8 Å². The number of nitrogens with one attached hydrogen (secondary N) is 1. The van der Waals surface area contributed by atoms with Crippen molar-refractivity contribution in [2.45, 2.75) is 19.3 Å². The molecule has 0 saturated heterocycles. The summed E-state index contributed by atoms with van der Waals surface area (Å²) in [6, 6.07) is 18.9. The number of aromatic nitrogens is 2. The standard InChI is InChI=1S/C16H16N2/c1-2-7-13(8-3-1)9-6-12-16-14-10-4-5-11-15(14)17-18-16/h1-5,7-8,10-11H,6,9,12H2,(H,17,18). The molecule has 0 amide bonds. The molecule has 2 nitrogen and oxygen atoms in total. The number of aromatic amines is 1. The highest BCUT2D eigenvalue weighted by molar-refractivity contribution is 5.81. The number of benzene rings is 2. The van der Waals surface area contributed by atoms with E-state index in [2.05, 4.69) is 52.7 Å². The molecule has 3 rings (SSSR count). The first-order chi connectivity index (χ1) is 8.93. The maximum atomic E-state index is 4.32. The van der Waals surface area contributed by atoms with Crippen molar-refractivity contribution in [3.8, 4) is 0 Å². The van der Waals surface area contributed by atoms with E-state index in [1.54, 1.807) is 0 Å². The third kappa shape index (κ3) is 2.28. The van der Waals surface area contributed by atoms with Crippen LogP contribution < -0.4 is 0 Å². The molecule has 18 heavy (non-hydrogen) atoms. The lowest BCUT2D eigenvalue weighted by atomic mass is 10.1. The van der Waals surface area contributed by atoms with Gasteiger partial charge in [-0.2, -0.15) is 5.10 Å². The molecule has 0 fully saturated rings. The number of hydrogen-bond donors (Lipinski definition) is 1. The van der Waals surface area contributed by atoms with Crippen LogP contribution in [0, 0.1) is 0 Å². The average Bonchev–Trinajstić information content (AvgIpc) is 2.84. The normalized spacial score (nSPS) is 10.9. The second-order valence-corrected chi connectivity index (χ2v) is 4.56. The summed E-state index contributed by atoms with van der Waals surface area (Å²) in [5, 5.41) is 8.72. The Bertz CT molecular complexity index is 626. The van der Waals surface area contributed by atoms with E-state index in [9.17, 15) is 0 Å². The van der Waals surface area contributed by atoms with Gasteiger partial charge < -0.3 is 0 Å². The molecule has 90 valence electrons. The predicted octanol–water partition coefficient (Wildman–Crippen LogP) is 3.74. The van der Waals surface area contributed by atoms with Crippen LogP contribution in [0.2, 0.25) is 0 Å². The minimum absolute atomic E-state index is 1.05. The topological polar surface area (TPSA) is 28.7 Å². The second-order valence-electron chi connectivity index (χ2n) is 4.56. The quantitative estimate of drug-likeness (QED) is 0.734. The van der Waals surface area contributed by atoms with Crippen LogP contribution in [-0.4, -0.2) is 10.2 Å². The fourth-order valence-electron chi connectivity index (χ4n) is 2.32. The van der Waals surface area contributed by atoms with Crippen molar-refractivity contribution in [3.63, 3.8) is 0 Å². The Hall–Kier alpha value is -2.09. The van der Waals surface area contributed by atoms with E-state index in [-0.39, 0.29) is 0 Å². The van der Waals surface area contributed by atoms with Gasteiger partial charge in [0, 0.05) is 11.1 Å². The summed E-state index contributed by atoms with van der Waals surface area (Å²) in [6.07, 6.45) is 3.32. The first-order valence-electron chi connectivity index (χ1n) is 6.39. The van der Waals surface area contributed by atoms with Crippen LogP contribution in [0.1, 0.15) is 17.7 Å². The van der Waals surface area contributed by atoms with Crippen molar-refractivity contribution in [2.75, 3.05) is 0 Å². The Morgan fingerprint density at radius 2 is 1.61 bits per heavy atom. The number of aryl methyl sites for hydroxylation is 2. The summed E-state index contributed by atoms with van der Waals surface area (Å²) in [4.78, 5) is 0. The smallest absolute Gasteiger partial charge is 0.0923 e. The zero-order chi connectivity index (χ0) is 12.2. The molecule has 0 bridgehead atoms. The lowest BCUT2D eigenvalue weighted by Crippen LogP contribution is -1.90. The summed E-state index contributed by atoms with van der Waals surface area (Å²) < 4.78 is 0. The molecule has 0 aliphatic carbocycles. The Morgan fingerprint density at radius 1 is 0.833 bits per heavy atom. The summed E-state index contributed by atoms with van der Waals surface area (Å²) in [6.45, 7) is 0. The van der Waals surface area contributed by atoms with Crippen LogP contribution in [0.3, 0.4) is 0 Å². The van der Waals surface area contributed by atoms with Gasteiger partial charge in [-0.1, -0.05) is 48.5 Å². The molecule has 0 aliphatic heterocycles. The molecule has 1 N–H and O–H groups in total. The van der Waals surface area contributed by atoms with Crippen LogP contribution in [0.15, 0.2) is 54.6 Å². The van der Waals surface area contributed by atoms with E-state index in [0.29, 0.717) is 0 Å². The molecule has 0 unspecified atom stereocenters. The zero-order valence-electron chi connectivity index (χ0n) is 10.3. The summed E-state index contributed by atoms with van der Waals surface area (Å²) in [5.74, 6) is 0. The molecule has 0 saturated carbocycles. The van der Waals surface area contributed by atoms with Crippen molar-refractivity contribution in [2.24, 2.45) is 0 Å². The summed E-state index contributed by atoms with van der Waals surface area (Å²) in [7, 11) is 0. The molecule has 0 atom stereocenters. The SMILES string of the molecule is c1ccc(CCCc2[nH]nc3ccccc23)cc1. The van der Waals surface area contributed by atoms with Crippen LogP contribution in [0.5, 0.6) is 0 Å². The first-order valence-corrected chi connectivity index (χ1v) is 6.39. The maximum absolute atomic E-state index is 4.32.